The fourth-order valence-electron chi connectivity index (χ4n) is 3.92. The fraction of sp³-hybridized carbons (Fsp3) is 0.474. The summed E-state index contributed by atoms with van der Waals surface area (Å²) in [5.74, 6) is 1.12. The average molecular weight is 395 g/mol. The minimum Gasteiger partial charge on any atom is -0.337 e. The third kappa shape index (κ3) is 3.87. The monoisotopic (exact) mass is 395 g/mol. The van der Waals surface area contributed by atoms with Crippen LogP contribution in [0.1, 0.15) is 28.9 Å². The van der Waals surface area contributed by atoms with Crippen molar-refractivity contribution in [1.29, 1.82) is 0 Å². The quantitative estimate of drug-likeness (QED) is 0.839. The van der Waals surface area contributed by atoms with E-state index in [1.807, 2.05) is 4.90 Å². The highest BCUT2D eigenvalue weighted by Gasteiger charge is 2.33. The van der Waals surface area contributed by atoms with Crippen molar-refractivity contribution in [3.8, 4) is 10.6 Å². The number of alkyl halides is 3. The first-order chi connectivity index (χ1) is 12.9. The Morgan fingerprint density at radius 1 is 1.19 bits per heavy atom. The molecule has 0 unspecified atom stereocenters. The number of carbonyl (C=O) groups excluding carboxylic acids is 1. The number of hydrogen-bond acceptors (Lipinski definition) is 4. The van der Waals surface area contributed by atoms with E-state index < -0.39 is 11.7 Å². The predicted molar refractivity (Wildman–Crippen MR) is 97.5 cm³/mol. The first kappa shape index (κ1) is 18.4. The number of aromatic nitrogens is 1. The number of benzene rings is 1. The van der Waals surface area contributed by atoms with Crippen molar-refractivity contribution in [3.05, 3.63) is 40.9 Å². The lowest BCUT2D eigenvalue weighted by Crippen LogP contribution is -2.33. The molecular formula is C19H20F3N3OS. The van der Waals surface area contributed by atoms with Gasteiger partial charge in [-0.25, -0.2) is 4.98 Å². The van der Waals surface area contributed by atoms with Gasteiger partial charge < -0.3 is 10.2 Å². The second-order valence-electron chi connectivity index (χ2n) is 7.16. The molecule has 4 rings (SSSR count). The van der Waals surface area contributed by atoms with Crippen molar-refractivity contribution in [2.75, 3.05) is 26.2 Å². The Hall–Kier alpha value is -1.93. The molecule has 27 heavy (non-hydrogen) atoms. The van der Waals surface area contributed by atoms with Crippen LogP contribution in [0.25, 0.3) is 10.6 Å². The third-order valence-corrected chi connectivity index (χ3v) is 6.36. The van der Waals surface area contributed by atoms with Crippen molar-refractivity contribution >= 4 is 17.2 Å². The SMILES string of the molecule is O=C(c1csc(-c2cccc(C(F)(F)F)c2)n1)N1CC[C@@H]2CNC[C@@H]2CC1. The van der Waals surface area contributed by atoms with Crippen molar-refractivity contribution in [1.82, 2.24) is 15.2 Å². The van der Waals surface area contributed by atoms with Crippen LogP contribution in [0.5, 0.6) is 0 Å². The van der Waals surface area contributed by atoms with Crippen LogP contribution in [0.4, 0.5) is 13.2 Å². The number of halogens is 3. The molecule has 2 aliphatic rings. The summed E-state index contributed by atoms with van der Waals surface area (Å²) in [6.07, 6.45) is -2.44. The number of nitrogens with zero attached hydrogens (tertiary/aromatic N) is 2. The molecule has 1 N–H and O–H groups in total. The Labute approximate surface area is 159 Å². The van der Waals surface area contributed by atoms with Crippen LogP contribution in [-0.4, -0.2) is 42.0 Å². The molecule has 2 fully saturated rings. The normalized spacial score (nSPS) is 23.1. The van der Waals surface area contributed by atoms with Crippen LogP contribution in [0.15, 0.2) is 29.6 Å². The number of fused-ring (bicyclic) bond motifs is 1. The molecule has 3 heterocycles. The summed E-state index contributed by atoms with van der Waals surface area (Å²) in [4.78, 5) is 19.0. The van der Waals surface area contributed by atoms with Gasteiger partial charge in [0.05, 0.1) is 5.56 Å². The van der Waals surface area contributed by atoms with Crippen molar-refractivity contribution < 1.29 is 18.0 Å². The zero-order valence-electron chi connectivity index (χ0n) is 14.6. The number of thiazole rings is 1. The number of rotatable bonds is 2. The van der Waals surface area contributed by atoms with E-state index in [1.54, 1.807) is 11.4 Å². The molecule has 2 aromatic rings. The van der Waals surface area contributed by atoms with Crippen LogP contribution < -0.4 is 5.32 Å². The maximum absolute atomic E-state index is 12.9. The molecule has 0 spiro atoms. The molecule has 2 aliphatic heterocycles. The van der Waals surface area contributed by atoms with E-state index in [0.717, 1.165) is 38.1 Å². The first-order valence-electron chi connectivity index (χ1n) is 9.05. The summed E-state index contributed by atoms with van der Waals surface area (Å²) < 4.78 is 38.7. The molecule has 4 nitrogen and oxygen atoms in total. The van der Waals surface area contributed by atoms with Gasteiger partial charge in [-0.2, -0.15) is 13.2 Å². The highest BCUT2D eigenvalue weighted by Crippen LogP contribution is 2.33. The van der Waals surface area contributed by atoms with E-state index in [0.29, 0.717) is 41.2 Å². The molecule has 144 valence electrons. The van der Waals surface area contributed by atoms with Crippen LogP contribution in [0, 0.1) is 11.8 Å². The summed E-state index contributed by atoms with van der Waals surface area (Å²) in [7, 11) is 0. The Morgan fingerprint density at radius 3 is 2.56 bits per heavy atom. The smallest absolute Gasteiger partial charge is 0.337 e. The molecule has 2 atom stereocenters. The third-order valence-electron chi connectivity index (χ3n) is 5.47. The largest absolute Gasteiger partial charge is 0.416 e. The van der Waals surface area contributed by atoms with E-state index >= 15 is 0 Å². The fourth-order valence-corrected chi connectivity index (χ4v) is 4.71. The molecule has 2 saturated heterocycles. The predicted octanol–water partition coefficient (Wildman–Crippen LogP) is 3.90. The minimum absolute atomic E-state index is 0.127. The lowest BCUT2D eigenvalue weighted by molar-refractivity contribution is -0.137. The molecule has 0 saturated carbocycles. The number of hydrogen-bond donors (Lipinski definition) is 1. The van der Waals surface area contributed by atoms with Crippen molar-refractivity contribution in [2.45, 2.75) is 19.0 Å². The van der Waals surface area contributed by atoms with Crippen molar-refractivity contribution in [3.63, 3.8) is 0 Å². The maximum Gasteiger partial charge on any atom is 0.416 e. The van der Waals surface area contributed by atoms with Gasteiger partial charge in [0.2, 0.25) is 0 Å². The van der Waals surface area contributed by atoms with Crippen LogP contribution in [0.2, 0.25) is 0 Å². The zero-order valence-corrected chi connectivity index (χ0v) is 15.4. The maximum atomic E-state index is 12.9. The van der Waals surface area contributed by atoms with E-state index in [1.165, 1.54) is 17.4 Å². The van der Waals surface area contributed by atoms with Crippen LogP contribution in [0.3, 0.4) is 0 Å². The first-order valence-corrected chi connectivity index (χ1v) is 9.93. The molecule has 8 heteroatoms. The van der Waals surface area contributed by atoms with Crippen LogP contribution >= 0.6 is 11.3 Å². The Morgan fingerprint density at radius 2 is 1.89 bits per heavy atom. The molecule has 1 aromatic carbocycles. The van der Waals surface area contributed by atoms with Gasteiger partial charge in [0.25, 0.3) is 5.91 Å². The van der Waals surface area contributed by atoms with E-state index in [2.05, 4.69) is 10.3 Å². The van der Waals surface area contributed by atoms with Crippen LogP contribution in [-0.2, 0) is 6.18 Å². The number of likely N-dealkylation sites (tertiary alicyclic amines) is 1. The standard InChI is InChI=1S/C19H20F3N3OS/c20-19(21,22)15-3-1-2-12(8-15)17-24-16(11-27-17)18(26)25-6-4-13-9-23-10-14(13)5-7-25/h1-3,8,11,13-14,23H,4-7,9-10H2/t13-,14+. The van der Waals surface area contributed by atoms with Crippen molar-refractivity contribution in [2.24, 2.45) is 11.8 Å². The highest BCUT2D eigenvalue weighted by atomic mass is 32.1. The summed E-state index contributed by atoms with van der Waals surface area (Å²) >= 11 is 1.20. The Kier molecular flexibility index (Phi) is 4.94. The van der Waals surface area contributed by atoms with Gasteiger partial charge in [-0.3, -0.25) is 4.79 Å². The molecular weight excluding hydrogens is 375 g/mol. The second-order valence-corrected chi connectivity index (χ2v) is 8.02. The number of amides is 1. The van der Waals surface area contributed by atoms with Gasteiger partial charge in [-0.05, 0) is 49.9 Å². The Bertz CT molecular complexity index is 822. The Balaban J connectivity index is 1.50. The summed E-state index contributed by atoms with van der Waals surface area (Å²) in [6.45, 7) is 3.45. The van der Waals surface area contributed by atoms with E-state index in [9.17, 15) is 18.0 Å². The van der Waals surface area contributed by atoms with E-state index in [4.69, 9.17) is 0 Å². The second kappa shape index (κ2) is 7.24. The molecule has 1 aromatic heterocycles. The zero-order chi connectivity index (χ0) is 19.0. The van der Waals surface area contributed by atoms with Gasteiger partial charge in [0.1, 0.15) is 10.7 Å². The summed E-state index contributed by atoms with van der Waals surface area (Å²) in [6, 6.07) is 5.06. The minimum atomic E-state index is -4.40. The topological polar surface area (TPSA) is 45.2 Å². The van der Waals surface area contributed by atoms with Gasteiger partial charge in [-0.15, -0.1) is 11.3 Å². The molecule has 1 amide bonds. The average Bonchev–Trinajstić information content (AvgIpc) is 3.27. The van der Waals surface area contributed by atoms with E-state index in [-0.39, 0.29) is 5.91 Å². The van der Waals surface area contributed by atoms with Gasteiger partial charge >= 0.3 is 6.18 Å². The lowest BCUT2D eigenvalue weighted by atomic mass is 9.92. The number of nitrogens with one attached hydrogen (secondary N) is 1. The van der Waals surface area contributed by atoms with Gasteiger partial charge in [0.15, 0.2) is 0 Å². The molecule has 0 bridgehead atoms. The molecule has 0 radical (unpaired) electrons. The lowest BCUT2D eigenvalue weighted by Gasteiger charge is -2.19. The summed E-state index contributed by atoms with van der Waals surface area (Å²) in [5.41, 5.74) is -0.0151. The molecule has 0 aliphatic carbocycles. The number of carbonyl (C=O) groups is 1. The van der Waals surface area contributed by atoms with Gasteiger partial charge in [-0.1, -0.05) is 12.1 Å². The summed E-state index contributed by atoms with van der Waals surface area (Å²) in [5, 5.41) is 5.49. The van der Waals surface area contributed by atoms with Gasteiger partial charge in [0, 0.05) is 24.0 Å². The highest BCUT2D eigenvalue weighted by molar-refractivity contribution is 7.13.